The SMILES string of the molecule is CSCC[C@@H]1NC(=O)CCCN(C(=O)C2CCN(C(=O)N(C)C)CC2)CCn2nc(-c3ccccc3)nc2[C@@H](C(C)C)NC1=O. The average molecular weight is 641 g/mol. The second kappa shape index (κ2) is 16.1. The summed E-state index contributed by atoms with van der Waals surface area (Å²) < 4.78 is 1.83. The second-order valence-corrected chi connectivity index (χ2v) is 13.4. The van der Waals surface area contributed by atoms with Crippen LogP contribution in [-0.4, -0.2) is 112 Å². The molecule has 13 heteroatoms. The van der Waals surface area contributed by atoms with Crippen molar-refractivity contribution in [1.82, 2.24) is 40.1 Å². The number of carbonyl (C=O) groups excluding carboxylic acids is 4. The summed E-state index contributed by atoms with van der Waals surface area (Å²) in [7, 11) is 3.47. The largest absolute Gasteiger partial charge is 0.344 e. The highest BCUT2D eigenvalue weighted by Gasteiger charge is 2.33. The van der Waals surface area contributed by atoms with Crippen LogP contribution in [0, 0.1) is 11.8 Å². The maximum atomic E-state index is 13.9. The van der Waals surface area contributed by atoms with Crippen molar-refractivity contribution in [3.05, 3.63) is 36.2 Å². The summed E-state index contributed by atoms with van der Waals surface area (Å²) >= 11 is 1.62. The summed E-state index contributed by atoms with van der Waals surface area (Å²) in [4.78, 5) is 63.1. The molecule has 1 aromatic carbocycles. The number of aromatic nitrogens is 3. The van der Waals surface area contributed by atoms with Crippen LogP contribution in [0.2, 0.25) is 0 Å². The molecule has 0 spiro atoms. The number of likely N-dealkylation sites (tertiary alicyclic amines) is 1. The highest BCUT2D eigenvalue weighted by atomic mass is 32.2. The molecule has 0 bridgehead atoms. The first kappa shape index (κ1) is 34.3. The highest BCUT2D eigenvalue weighted by molar-refractivity contribution is 7.98. The van der Waals surface area contributed by atoms with Gasteiger partial charge >= 0.3 is 6.03 Å². The van der Waals surface area contributed by atoms with E-state index in [2.05, 4.69) is 10.6 Å². The Kier molecular flexibility index (Phi) is 12.3. The Hall–Kier alpha value is -3.61. The maximum absolute atomic E-state index is 13.9. The zero-order valence-electron chi connectivity index (χ0n) is 27.2. The molecule has 0 radical (unpaired) electrons. The number of thioether (sulfide) groups is 1. The molecule has 2 aromatic rings. The molecule has 4 rings (SSSR count). The minimum absolute atomic E-state index is 0.0156. The number of hydrogen-bond acceptors (Lipinski definition) is 7. The topological polar surface area (TPSA) is 133 Å². The van der Waals surface area contributed by atoms with E-state index in [0.29, 0.717) is 70.1 Å². The molecule has 1 fully saturated rings. The van der Waals surface area contributed by atoms with Gasteiger partial charge in [0.05, 0.1) is 12.6 Å². The molecule has 12 nitrogen and oxygen atoms in total. The van der Waals surface area contributed by atoms with Crippen LogP contribution in [-0.2, 0) is 20.9 Å². The first-order chi connectivity index (χ1) is 21.6. The molecule has 2 N–H and O–H groups in total. The predicted molar refractivity (Wildman–Crippen MR) is 175 cm³/mol. The van der Waals surface area contributed by atoms with Crippen molar-refractivity contribution in [2.75, 3.05) is 52.3 Å². The van der Waals surface area contributed by atoms with Crippen LogP contribution in [0.25, 0.3) is 11.4 Å². The molecule has 2 atom stereocenters. The van der Waals surface area contributed by atoms with E-state index in [1.165, 1.54) is 0 Å². The minimum Gasteiger partial charge on any atom is -0.344 e. The Morgan fingerprint density at radius 2 is 1.71 bits per heavy atom. The normalized spacial score (nSPS) is 20.7. The fourth-order valence-corrected chi connectivity index (χ4v) is 6.32. The van der Waals surface area contributed by atoms with Crippen LogP contribution in [0.4, 0.5) is 4.79 Å². The van der Waals surface area contributed by atoms with Gasteiger partial charge in [-0.05, 0) is 43.6 Å². The van der Waals surface area contributed by atoms with Crippen molar-refractivity contribution in [2.24, 2.45) is 11.8 Å². The number of nitrogens with zero attached hydrogens (tertiary/aromatic N) is 6. The lowest BCUT2D eigenvalue weighted by Crippen LogP contribution is -2.50. The van der Waals surface area contributed by atoms with Gasteiger partial charge in [-0.2, -0.15) is 16.9 Å². The maximum Gasteiger partial charge on any atom is 0.319 e. The van der Waals surface area contributed by atoms with Crippen LogP contribution in [0.1, 0.15) is 57.8 Å². The van der Waals surface area contributed by atoms with Crippen molar-refractivity contribution >= 4 is 35.5 Å². The molecule has 0 unspecified atom stereocenters. The molecular formula is C32H48N8O4S. The van der Waals surface area contributed by atoms with Crippen LogP contribution in [0.15, 0.2) is 30.3 Å². The van der Waals surface area contributed by atoms with Gasteiger partial charge < -0.3 is 25.3 Å². The lowest BCUT2D eigenvalue weighted by atomic mass is 9.95. The van der Waals surface area contributed by atoms with Gasteiger partial charge in [0.15, 0.2) is 11.6 Å². The molecular weight excluding hydrogens is 592 g/mol. The molecule has 0 aliphatic carbocycles. The summed E-state index contributed by atoms with van der Waals surface area (Å²) in [6.07, 6.45) is 4.36. The van der Waals surface area contributed by atoms with E-state index in [1.807, 2.05) is 60.0 Å². The quantitative estimate of drug-likeness (QED) is 0.496. The van der Waals surface area contributed by atoms with Gasteiger partial charge in [-0.3, -0.25) is 14.4 Å². The molecule has 1 saturated heterocycles. The molecule has 2 aliphatic rings. The van der Waals surface area contributed by atoms with E-state index >= 15 is 0 Å². The lowest BCUT2D eigenvalue weighted by Gasteiger charge is -2.35. The first-order valence-electron chi connectivity index (χ1n) is 15.9. The summed E-state index contributed by atoms with van der Waals surface area (Å²) in [5, 5.41) is 11.0. The van der Waals surface area contributed by atoms with Crippen molar-refractivity contribution in [3.63, 3.8) is 0 Å². The summed E-state index contributed by atoms with van der Waals surface area (Å²) in [5.74, 6) is 1.28. The number of urea groups is 1. The van der Waals surface area contributed by atoms with Crippen LogP contribution >= 0.6 is 11.8 Å². The van der Waals surface area contributed by atoms with Gasteiger partial charge in [-0.15, -0.1) is 0 Å². The summed E-state index contributed by atoms with van der Waals surface area (Å²) in [6.45, 7) is 6.29. The van der Waals surface area contributed by atoms with Crippen molar-refractivity contribution in [3.8, 4) is 11.4 Å². The zero-order chi connectivity index (χ0) is 32.5. The Bertz CT molecular complexity index is 1310. The van der Waals surface area contributed by atoms with E-state index in [9.17, 15) is 19.2 Å². The fraction of sp³-hybridized carbons (Fsp3) is 0.625. The van der Waals surface area contributed by atoms with E-state index < -0.39 is 12.1 Å². The Balaban J connectivity index is 1.64. The molecule has 5 amide bonds. The number of hydrogen-bond donors (Lipinski definition) is 2. The molecule has 1 aromatic heterocycles. The third-order valence-corrected chi connectivity index (χ3v) is 9.10. The Morgan fingerprint density at radius 3 is 2.36 bits per heavy atom. The number of amides is 5. The van der Waals surface area contributed by atoms with E-state index in [0.717, 1.165) is 11.3 Å². The first-order valence-corrected chi connectivity index (χ1v) is 17.3. The predicted octanol–water partition coefficient (Wildman–Crippen LogP) is 3.01. The summed E-state index contributed by atoms with van der Waals surface area (Å²) in [6, 6.07) is 8.54. The van der Waals surface area contributed by atoms with Crippen LogP contribution in [0.5, 0.6) is 0 Å². The number of nitrogens with one attached hydrogen (secondary N) is 2. The summed E-state index contributed by atoms with van der Waals surface area (Å²) in [5.41, 5.74) is 0.862. The van der Waals surface area contributed by atoms with Gasteiger partial charge in [0.25, 0.3) is 0 Å². The minimum atomic E-state index is -0.674. The Morgan fingerprint density at radius 1 is 1.00 bits per heavy atom. The number of piperidine rings is 1. The second-order valence-electron chi connectivity index (χ2n) is 12.4. The van der Waals surface area contributed by atoms with Crippen LogP contribution < -0.4 is 10.6 Å². The van der Waals surface area contributed by atoms with E-state index in [4.69, 9.17) is 10.1 Å². The van der Waals surface area contributed by atoms with Gasteiger partial charge in [0.1, 0.15) is 6.04 Å². The number of rotatable bonds is 6. The number of benzene rings is 1. The standard InChI is InChI=1S/C32H48N8O4S/c1-22(2)27-29-35-28(23-10-7-6-8-11-23)36-40(29)20-19-38(31(43)24-13-17-39(18-14-24)32(44)37(3)4)16-9-12-26(41)33-25(15-21-45-5)30(42)34-27/h6-8,10-11,22,24-25,27H,9,12-21H2,1-5H3,(H,33,41)(H,34,42)/t25-,27+/m0/s1. The van der Waals surface area contributed by atoms with Gasteiger partial charge in [-0.25, -0.2) is 14.5 Å². The lowest BCUT2D eigenvalue weighted by molar-refractivity contribution is -0.137. The van der Waals surface area contributed by atoms with Crippen LogP contribution in [0.3, 0.4) is 0 Å². The van der Waals surface area contributed by atoms with Gasteiger partial charge in [-0.1, -0.05) is 44.2 Å². The highest BCUT2D eigenvalue weighted by Crippen LogP contribution is 2.26. The molecule has 2 aliphatic heterocycles. The zero-order valence-corrected chi connectivity index (χ0v) is 28.0. The monoisotopic (exact) mass is 640 g/mol. The number of fused-ring (bicyclic) bond motifs is 1. The van der Waals surface area contributed by atoms with Crippen molar-refractivity contribution < 1.29 is 19.2 Å². The van der Waals surface area contributed by atoms with Gasteiger partial charge in [0.2, 0.25) is 17.7 Å². The molecule has 45 heavy (non-hydrogen) atoms. The molecule has 246 valence electrons. The van der Waals surface area contributed by atoms with Crippen molar-refractivity contribution in [2.45, 2.75) is 64.6 Å². The smallest absolute Gasteiger partial charge is 0.319 e. The average Bonchev–Trinajstić information content (AvgIpc) is 3.46. The Labute approximate surface area is 270 Å². The molecule has 3 heterocycles. The number of carbonyl (C=O) groups is 4. The molecule has 0 saturated carbocycles. The van der Waals surface area contributed by atoms with Gasteiger partial charge in [0, 0.05) is 58.2 Å². The van der Waals surface area contributed by atoms with Crippen molar-refractivity contribution in [1.29, 1.82) is 0 Å². The van der Waals surface area contributed by atoms with E-state index in [1.54, 1.807) is 35.7 Å². The third kappa shape index (κ3) is 8.99. The fourth-order valence-electron chi connectivity index (χ4n) is 5.85. The third-order valence-electron chi connectivity index (χ3n) is 8.46. The van der Waals surface area contributed by atoms with E-state index in [-0.39, 0.29) is 42.0 Å².